The number of hydrogen-bond donors (Lipinski definition) is 1. The van der Waals surface area contributed by atoms with Crippen LogP contribution in [0.5, 0.6) is 5.75 Å². The van der Waals surface area contributed by atoms with Crippen LogP contribution in [0.1, 0.15) is 17.5 Å². The van der Waals surface area contributed by atoms with E-state index in [0.29, 0.717) is 17.1 Å². The van der Waals surface area contributed by atoms with Crippen molar-refractivity contribution in [3.63, 3.8) is 0 Å². The topological polar surface area (TPSA) is 71.5 Å². The average Bonchev–Trinajstić information content (AvgIpc) is 3.15. The predicted octanol–water partition coefficient (Wildman–Crippen LogP) is 4.18. The summed E-state index contributed by atoms with van der Waals surface area (Å²) in [5.41, 5.74) is 4.10. The second-order valence-electron chi connectivity index (χ2n) is 7.02. The van der Waals surface area contributed by atoms with Crippen molar-refractivity contribution < 1.29 is 14.3 Å². The third-order valence-electron chi connectivity index (χ3n) is 4.84. The third kappa shape index (κ3) is 3.86. The largest absolute Gasteiger partial charge is 0.482 e. The van der Waals surface area contributed by atoms with Crippen molar-refractivity contribution in [1.82, 2.24) is 4.98 Å². The van der Waals surface area contributed by atoms with Gasteiger partial charge in [-0.2, -0.15) is 0 Å². The quantitative estimate of drug-likeness (QED) is 0.704. The van der Waals surface area contributed by atoms with E-state index in [1.807, 2.05) is 61.7 Å². The molecule has 1 aromatic heterocycles. The molecule has 0 saturated heterocycles. The molecule has 0 bridgehead atoms. The van der Waals surface area contributed by atoms with Crippen molar-refractivity contribution in [2.45, 2.75) is 26.8 Å². The number of amides is 2. The molecule has 1 aliphatic rings. The van der Waals surface area contributed by atoms with E-state index in [0.717, 1.165) is 21.8 Å². The van der Waals surface area contributed by atoms with E-state index < -0.39 is 6.04 Å². The Morgan fingerprint density at radius 2 is 1.97 bits per heavy atom. The van der Waals surface area contributed by atoms with E-state index in [2.05, 4.69) is 10.3 Å². The summed E-state index contributed by atoms with van der Waals surface area (Å²) in [5, 5.41) is 5.82. The first-order valence-electron chi connectivity index (χ1n) is 9.31. The van der Waals surface area contributed by atoms with Gasteiger partial charge < -0.3 is 10.1 Å². The van der Waals surface area contributed by atoms with E-state index in [-0.39, 0.29) is 18.4 Å². The van der Waals surface area contributed by atoms with Gasteiger partial charge in [-0.3, -0.25) is 14.5 Å². The Morgan fingerprint density at radius 3 is 2.66 bits per heavy atom. The number of benzene rings is 2. The van der Waals surface area contributed by atoms with Crippen LogP contribution >= 0.6 is 11.3 Å². The van der Waals surface area contributed by atoms with Crippen LogP contribution < -0.4 is 15.0 Å². The molecule has 7 heteroatoms. The molecule has 0 radical (unpaired) electrons. The Balaban J connectivity index is 1.64. The number of fused-ring (bicyclic) bond motifs is 1. The van der Waals surface area contributed by atoms with Crippen LogP contribution in [0.2, 0.25) is 0 Å². The molecule has 1 unspecified atom stereocenters. The maximum absolute atomic E-state index is 12.9. The van der Waals surface area contributed by atoms with Crippen LogP contribution in [-0.2, 0) is 9.59 Å². The molecule has 4 rings (SSSR count). The zero-order valence-corrected chi connectivity index (χ0v) is 17.2. The first-order chi connectivity index (χ1) is 13.9. The average molecular weight is 407 g/mol. The lowest BCUT2D eigenvalue weighted by molar-refractivity contribution is -0.125. The highest BCUT2D eigenvalue weighted by Gasteiger charge is 2.33. The zero-order valence-electron chi connectivity index (χ0n) is 16.4. The summed E-state index contributed by atoms with van der Waals surface area (Å²) in [6, 6.07) is 12.4. The number of hydrogen-bond acceptors (Lipinski definition) is 5. The molecule has 2 aromatic carbocycles. The molecule has 2 amide bonds. The molecule has 0 fully saturated rings. The molecule has 1 N–H and O–H groups in total. The summed E-state index contributed by atoms with van der Waals surface area (Å²) in [5.74, 6) is 0.0657. The van der Waals surface area contributed by atoms with Gasteiger partial charge in [0.2, 0.25) is 5.91 Å². The number of aryl methyl sites for hydroxylation is 2. The summed E-state index contributed by atoms with van der Waals surface area (Å²) in [7, 11) is 0. The van der Waals surface area contributed by atoms with Gasteiger partial charge in [0.05, 0.1) is 16.4 Å². The number of rotatable bonds is 4. The van der Waals surface area contributed by atoms with E-state index in [4.69, 9.17) is 4.74 Å². The van der Waals surface area contributed by atoms with Gasteiger partial charge in [-0.05, 0) is 51.1 Å². The van der Waals surface area contributed by atoms with Crippen LogP contribution in [0.3, 0.4) is 0 Å². The summed E-state index contributed by atoms with van der Waals surface area (Å²) in [6.07, 6.45) is 0. The number of nitrogens with zero attached hydrogens (tertiary/aromatic N) is 2. The lowest BCUT2D eigenvalue weighted by Gasteiger charge is -2.33. The fourth-order valence-corrected chi connectivity index (χ4v) is 3.87. The Morgan fingerprint density at radius 1 is 1.21 bits per heavy atom. The van der Waals surface area contributed by atoms with Gasteiger partial charge in [-0.25, -0.2) is 4.98 Å². The Hall–Kier alpha value is -3.19. The normalized spacial score (nSPS) is 14.2. The van der Waals surface area contributed by atoms with Gasteiger partial charge in [-0.15, -0.1) is 11.3 Å². The van der Waals surface area contributed by atoms with Crippen LogP contribution in [0, 0.1) is 13.8 Å². The molecule has 0 saturated carbocycles. The minimum atomic E-state index is -0.695. The fourth-order valence-electron chi connectivity index (χ4n) is 3.25. The predicted molar refractivity (Wildman–Crippen MR) is 115 cm³/mol. The Bertz CT molecular complexity index is 1080. The summed E-state index contributed by atoms with van der Waals surface area (Å²) in [4.78, 5) is 31.5. The van der Waals surface area contributed by atoms with Crippen molar-refractivity contribution in [2.24, 2.45) is 0 Å². The smallest absolute Gasteiger partial charge is 0.265 e. The van der Waals surface area contributed by atoms with Gasteiger partial charge in [0.1, 0.15) is 11.8 Å². The maximum Gasteiger partial charge on any atom is 0.265 e. The number of carbonyl (C=O) groups is 2. The first-order valence-corrected chi connectivity index (χ1v) is 10.2. The second-order valence-corrected chi connectivity index (χ2v) is 8.08. The van der Waals surface area contributed by atoms with Crippen molar-refractivity contribution in [2.75, 3.05) is 16.8 Å². The minimum Gasteiger partial charge on any atom is -0.482 e. The third-order valence-corrected chi connectivity index (χ3v) is 5.61. The lowest BCUT2D eigenvalue weighted by atomic mass is 10.1. The molecular weight excluding hydrogens is 386 g/mol. The van der Waals surface area contributed by atoms with E-state index in [1.54, 1.807) is 18.3 Å². The molecule has 0 aliphatic carbocycles. The molecule has 3 aromatic rings. The number of aromatic nitrogens is 1. The minimum absolute atomic E-state index is 0.0929. The lowest BCUT2D eigenvalue weighted by Crippen LogP contribution is -2.49. The summed E-state index contributed by atoms with van der Waals surface area (Å²) < 4.78 is 5.58. The standard InChI is InChI=1S/C22H21N3O3S/c1-13-4-7-17(8-5-13)24-22(27)14(2)25-19-10-16(18-12-29-15(3)23-18)6-9-20(19)28-11-21(25)26/h4-10,12,14H,11H2,1-3H3,(H,24,27). The van der Waals surface area contributed by atoms with Gasteiger partial charge in [-0.1, -0.05) is 17.7 Å². The molecule has 2 heterocycles. The Kier molecular flexibility index (Phi) is 5.07. The molecule has 6 nitrogen and oxygen atoms in total. The SMILES string of the molecule is Cc1ccc(NC(=O)C(C)N2C(=O)COc3ccc(-c4csc(C)n4)cc32)cc1. The van der Waals surface area contributed by atoms with Gasteiger partial charge >= 0.3 is 0 Å². The second kappa shape index (κ2) is 7.67. The van der Waals surface area contributed by atoms with Crippen LogP contribution in [0.15, 0.2) is 47.8 Å². The van der Waals surface area contributed by atoms with Crippen molar-refractivity contribution in [3.8, 4) is 17.0 Å². The number of ether oxygens (including phenoxy) is 1. The van der Waals surface area contributed by atoms with Gasteiger partial charge in [0.25, 0.3) is 5.91 Å². The van der Waals surface area contributed by atoms with Gasteiger partial charge in [0.15, 0.2) is 6.61 Å². The number of anilines is 2. The monoisotopic (exact) mass is 407 g/mol. The molecular formula is C22H21N3O3S. The van der Waals surface area contributed by atoms with Crippen molar-refractivity contribution >= 4 is 34.5 Å². The number of nitrogens with one attached hydrogen (secondary N) is 1. The van der Waals surface area contributed by atoms with Crippen molar-refractivity contribution in [3.05, 3.63) is 58.4 Å². The summed E-state index contributed by atoms with van der Waals surface area (Å²) in [6.45, 7) is 5.56. The van der Waals surface area contributed by atoms with E-state index in [1.165, 1.54) is 4.90 Å². The number of thiazole rings is 1. The molecule has 0 spiro atoms. The zero-order chi connectivity index (χ0) is 20.5. The number of carbonyl (C=O) groups excluding carboxylic acids is 2. The van der Waals surface area contributed by atoms with E-state index >= 15 is 0 Å². The Labute approximate surface area is 173 Å². The van der Waals surface area contributed by atoms with E-state index in [9.17, 15) is 9.59 Å². The van der Waals surface area contributed by atoms with Crippen LogP contribution in [-0.4, -0.2) is 29.4 Å². The van der Waals surface area contributed by atoms with Gasteiger partial charge in [0, 0.05) is 16.6 Å². The molecule has 1 atom stereocenters. The molecule has 1 aliphatic heterocycles. The molecule has 148 valence electrons. The highest BCUT2D eigenvalue weighted by atomic mass is 32.1. The maximum atomic E-state index is 12.9. The van der Waals surface area contributed by atoms with Crippen LogP contribution in [0.25, 0.3) is 11.3 Å². The fraction of sp³-hybridized carbons (Fsp3) is 0.227. The highest BCUT2D eigenvalue weighted by molar-refractivity contribution is 7.09. The summed E-state index contributed by atoms with van der Waals surface area (Å²) >= 11 is 1.56. The molecule has 29 heavy (non-hydrogen) atoms. The highest BCUT2D eigenvalue weighted by Crippen LogP contribution is 2.37. The van der Waals surface area contributed by atoms with Crippen molar-refractivity contribution in [1.29, 1.82) is 0 Å². The first kappa shape index (κ1) is 19.1. The van der Waals surface area contributed by atoms with Crippen LogP contribution in [0.4, 0.5) is 11.4 Å².